The number of carbonyl (C=O) groups excluding carboxylic acids is 2. The molecule has 4 N–H and O–H groups in total. The van der Waals surface area contributed by atoms with Gasteiger partial charge < -0.3 is 25.8 Å². The van der Waals surface area contributed by atoms with Crippen molar-refractivity contribution >= 4 is 29.6 Å². The Hall–Kier alpha value is -3.80. The van der Waals surface area contributed by atoms with E-state index in [9.17, 15) is 25.2 Å². The molecule has 0 aliphatic carbocycles. The van der Waals surface area contributed by atoms with Crippen molar-refractivity contribution in [3.05, 3.63) is 52.6 Å². The fourth-order valence-electron chi connectivity index (χ4n) is 4.28. The number of carbonyl (C=O) groups is 2. The van der Waals surface area contributed by atoms with Crippen molar-refractivity contribution < 1.29 is 19.4 Å². The Labute approximate surface area is 226 Å². The number of primary amides is 1. The molecule has 1 aromatic heterocycles. The number of aliphatic hydroxyl groups is 1. The summed E-state index contributed by atoms with van der Waals surface area (Å²) in [4.78, 5) is 31.0. The van der Waals surface area contributed by atoms with Gasteiger partial charge in [0.2, 0.25) is 5.91 Å². The number of thioether (sulfide) groups is 1. The molecule has 1 unspecified atom stereocenters. The van der Waals surface area contributed by atoms with Gasteiger partial charge in [-0.3, -0.25) is 4.79 Å². The largest absolute Gasteiger partial charge is 0.444 e. The number of rotatable bonds is 7. The van der Waals surface area contributed by atoms with Crippen LogP contribution in [0.1, 0.15) is 61.6 Å². The maximum Gasteiger partial charge on any atom is 0.407 e. The molecule has 2 amide bonds. The Morgan fingerprint density at radius 2 is 1.92 bits per heavy atom. The van der Waals surface area contributed by atoms with Gasteiger partial charge in [-0.15, -0.1) is 0 Å². The van der Waals surface area contributed by atoms with E-state index in [1.165, 1.54) is 0 Å². The van der Waals surface area contributed by atoms with Gasteiger partial charge in [-0.2, -0.15) is 10.5 Å². The number of piperidine rings is 1. The summed E-state index contributed by atoms with van der Waals surface area (Å²) in [6.45, 7) is 7.59. The number of hydrogen-bond acceptors (Lipinski definition) is 9. The second kappa shape index (κ2) is 12.2. The minimum absolute atomic E-state index is 0.0965. The first-order valence-electron chi connectivity index (χ1n) is 12.3. The van der Waals surface area contributed by atoms with Gasteiger partial charge >= 0.3 is 6.09 Å². The van der Waals surface area contributed by atoms with Crippen molar-refractivity contribution in [3.8, 4) is 12.1 Å². The standard InChI is InChI=1S/C27H32N6O4S/c1-5-17-18(13-28)24(33-12-11-20(21(34)15-33)31-26(36)37-27(2,3)4)32-25(19(17)14-29)38-22(23(30)35)16-9-7-6-8-10-16/h6-10,20-22,34H,5,11-12,15H2,1-4H3,(H2,30,35)(H,31,36)/t20-,21+,22?/m1/s1. The molecule has 1 saturated heterocycles. The molecule has 200 valence electrons. The van der Waals surface area contributed by atoms with Gasteiger partial charge in [-0.1, -0.05) is 49.0 Å². The first kappa shape index (κ1) is 28.8. The lowest BCUT2D eigenvalue weighted by molar-refractivity contribution is -0.117. The van der Waals surface area contributed by atoms with Crippen molar-refractivity contribution in [2.24, 2.45) is 5.73 Å². The molecule has 11 heteroatoms. The third-order valence-corrected chi connectivity index (χ3v) is 7.26. The van der Waals surface area contributed by atoms with E-state index in [0.717, 1.165) is 11.8 Å². The highest BCUT2D eigenvalue weighted by atomic mass is 32.2. The predicted molar refractivity (Wildman–Crippen MR) is 143 cm³/mol. The van der Waals surface area contributed by atoms with Crippen molar-refractivity contribution in [1.29, 1.82) is 10.5 Å². The molecule has 1 aromatic carbocycles. The molecule has 0 spiro atoms. The molecule has 1 fully saturated rings. The number of anilines is 1. The molecule has 2 aromatic rings. The summed E-state index contributed by atoms with van der Waals surface area (Å²) in [6, 6.07) is 12.8. The van der Waals surface area contributed by atoms with E-state index in [1.807, 2.05) is 13.0 Å². The van der Waals surface area contributed by atoms with Gasteiger partial charge in [0.1, 0.15) is 33.8 Å². The van der Waals surface area contributed by atoms with Crippen molar-refractivity contribution in [2.75, 3.05) is 18.0 Å². The fraction of sp³-hybridized carbons (Fsp3) is 0.444. The van der Waals surface area contributed by atoms with Crippen LogP contribution in [0.4, 0.5) is 10.6 Å². The predicted octanol–water partition coefficient (Wildman–Crippen LogP) is 3.17. The third kappa shape index (κ3) is 6.74. The van der Waals surface area contributed by atoms with E-state index in [-0.39, 0.29) is 22.7 Å². The number of aliphatic hydroxyl groups excluding tert-OH is 1. The summed E-state index contributed by atoms with van der Waals surface area (Å²) in [6.07, 6.45) is -0.801. The van der Waals surface area contributed by atoms with E-state index in [4.69, 9.17) is 10.5 Å². The summed E-state index contributed by atoms with van der Waals surface area (Å²) in [7, 11) is 0. The van der Waals surface area contributed by atoms with E-state index in [0.29, 0.717) is 36.3 Å². The molecule has 3 rings (SSSR count). The Kier molecular flexibility index (Phi) is 9.21. The summed E-state index contributed by atoms with van der Waals surface area (Å²) in [5.74, 6) is -0.266. The first-order valence-corrected chi connectivity index (χ1v) is 13.2. The molecule has 10 nitrogen and oxygen atoms in total. The lowest BCUT2D eigenvalue weighted by Crippen LogP contribution is -2.55. The highest BCUT2D eigenvalue weighted by Crippen LogP contribution is 2.40. The van der Waals surface area contributed by atoms with Crippen LogP contribution < -0.4 is 16.0 Å². The second-order valence-electron chi connectivity index (χ2n) is 9.91. The Bertz CT molecular complexity index is 1270. The summed E-state index contributed by atoms with van der Waals surface area (Å²) in [5.41, 5.74) is 6.70. The van der Waals surface area contributed by atoms with Crippen LogP contribution in [0.5, 0.6) is 0 Å². The monoisotopic (exact) mass is 536 g/mol. The molecule has 0 saturated carbocycles. The number of benzene rings is 1. The topological polar surface area (TPSA) is 165 Å². The van der Waals surface area contributed by atoms with E-state index >= 15 is 0 Å². The molecule has 0 radical (unpaired) electrons. The van der Waals surface area contributed by atoms with E-state index in [2.05, 4.69) is 22.4 Å². The highest BCUT2D eigenvalue weighted by Gasteiger charge is 2.34. The SMILES string of the molecule is CCc1c(C#N)c(SC(C(N)=O)c2ccccc2)nc(N2CC[C@@H](NC(=O)OC(C)(C)C)[C@@H](O)C2)c1C#N. The number of nitrogens with two attached hydrogens (primary N) is 1. The zero-order valence-corrected chi connectivity index (χ0v) is 22.7. The van der Waals surface area contributed by atoms with E-state index in [1.54, 1.807) is 49.9 Å². The third-order valence-electron chi connectivity index (χ3n) is 6.00. The maximum absolute atomic E-state index is 12.4. The fourth-order valence-corrected chi connectivity index (χ4v) is 5.34. The summed E-state index contributed by atoms with van der Waals surface area (Å²) in [5, 5.41) is 33.0. The van der Waals surface area contributed by atoms with Crippen LogP contribution in [0.2, 0.25) is 0 Å². The summed E-state index contributed by atoms with van der Waals surface area (Å²) < 4.78 is 5.30. The normalized spacial score (nSPS) is 18.1. The van der Waals surface area contributed by atoms with Crippen LogP contribution in [-0.2, 0) is 16.0 Å². The molecular formula is C27H32N6O4S. The van der Waals surface area contributed by atoms with Crippen LogP contribution >= 0.6 is 11.8 Å². The lowest BCUT2D eigenvalue weighted by atomic mass is 9.98. The van der Waals surface area contributed by atoms with Crippen LogP contribution in [0.3, 0.4) is 0 Å². The Balaban J connectivity index is 1.95. The molecule has 2 heterocycles. The molecule has 38 heavy (non-hydrogen) atoms. The number of nitriles is 2. The van der Waals surface area contributed by atoms with Gasteiger partial charge in [-0.05, 0) is 44.7 Å². The van der Waals surface area contributed by atoms with Crippen molar-refractivity contribution in [3.63, 3.8) is 0 Å². The zero-order valence-electron chi connectivity index (χ0n) is 21.9. The van der Waals surface area contributed by atoms with Gasteiger partial charge in [-0.25, -0.2) is 9.78 Å². The number of ether oxygens (including phenoxy) is 1. The number of nitrogens with one attached hydrogen (secondary N) is 1. The van der Waals surface area contributed by atoms with Crippen LogP contribution in [0.25, 0.3) is 0 Å². The highest BCUT2D eigenvalue weighted by molar-refractivity contribution is 8.00. The van der Waals surface area contributed by atoms with Gasteiger partial charge in [0.15, 0.2) is 0 Å². The molecule has 0 bridgehead atoms. The zero-order chi connectivity index (χ0) is 28.0. The number of nitrogens with zero attached hydrogens (tertiary/aromatic N) is 4. The van der Waals surface area contributed by atoms with Crippen LogP contribution in [0, 0.1) is 22.7 Å². The summed E-state index contributed by atoms with van der Waals surface area (Å²) >= 11 is 1.06. The number of amides is 2. The lowest BCUT2D eigenvalue weighted by Gasteiger charge is -2.37. The Morgan fingerprint density at radius 3 is 2.45 bits per heavy atom. The number of pyridine rings is 1. The smallest absolute Gasteiger partial charge is 0.407 e. The minimum atomic E-state index is -0.955. The number of aromatic nitrogens is 1. The maximum atomic E-state index is 12.4. The van der Waals surface area contributed by atoms with Gasteiger partial charge in [0.25, 0.3) is 0 Å². The average Bonchev–Trinajstić information content (AvgIpc) is 2.86. The van der Waals surface area contributed by atoms with Gasteiger partial charge in [0.05, 0.1) is 23.3 Å². The number of hydrogen-bond donors (Lipinski definition) is 3. The number of alkyl carbamates (subject to hydrolysis) is 1. The van der Waals surface area contributed by atoms with Gasteiger partial charge in [0, 0.05) is 13.1 Å². The van der Waals surface area contributed by atoms with Crippen molar-refractivity contribution in [2.45, 2.75) is 68.6 Å². The minimum Gasteiger partial charge on any atom is -0.444 e. The van der Waals surface area contributed by atoms with Crippen LogP contribution in [-0.4, -0.2) is 52.9 Å². The first-order chi connectivity index (χ1) is 18.0. The second-order valence-corrected chi connectivity index (χ2v) is 11.0. The molecule has 3 atom stereocenters. The van der Waals surface area contributed by atoms with E-state index < -0.39 is 35.0 Å². The molecule has 1 aliphatic heterocycles. The van der Waals surface area contributed by atoms with Crippen LogP contribution in [0.15, 0.2) is 35.4 Å². The Morgan fingerprint density at radius 1 is 1.26 bits per heavy atom. The molecular weight excluding hydrogens is 504 g/mol. The molecule has 1 aliphatic rings. The number of β-amino-alcohol motifs (C(OH)–C–C–N with tert-alkyl or cyclic N) is 1. The quantitative estimate of drug-likeness (QED) is 0.451. The average molecular weight is 537 g/mol. The van der Waals surface area contributed by atoms with Crippen molar-refractivity contribution in [1.82, 2.24) is 10.3 Å².